The van der Waals surface area contributed by atoms with Gasteiger partial charge in [-0.15, -0.1) is 0 Å². The Bertz CT molecular complexity index is 952. The predicted octanol–water partition coefficient (Wildman–Crippen LogP) is 4.05. The van der Waals surface area contributed by atoms with Gasteiger partial charge in [0, 0.05) is 29.6 Å². The van der Waals surface area contributed by atoms with Crippen LogP contribution in [0.25, 0.3) is 5.65 Å². The molecule has 0 amide bonds. The third-order valence-corrected chi connectivity index (χ3v) is 6.60. The summed E-state index contributed by atoms with van der Waals surface area (Å²) in [5.74, 6) is -0.356. The quantitative estimate of drug-likeness (QED) is 0.696. The molecule has 2 aromatic heterocycles. The molecule has 1 saturated carbocycles. The molecule has 6 nitrogen and oxygen atoms in total. The van der Waals surface area contributed by atoms with Crippen LogP contribution in [-0.4, -0.2) is 51.2 Å². The summed E-state index contributed by atoms with van der Waals surface area (Å²) in [5.41, 5.74) is -0.583. The van der Waals surface area contributed by atoms with Crippen LogP contribution in [0.2, 0.25) is 0 Å². The molecule has 162 valence electrons. The van der Waals surface area contributed by atoms with Crippen LogP contribution in [-0.2, 0) is 10.9 Å². The fourth-order valence-electron chi connectivity index (χ4n) is 4.91. The van der Waals surface area contributed by atoms with Crippen LogP contribution in [0.3, 0.4) is 0 Å². The molecule has 2 saturated heterocycles. The van der Waals surface area contributed by atoms with Gasteiger partial charge in [0.1, 0.15) is 5.69 Å². The summed E-state index contributed by atoms with van der Waals surface area (Å²) in [6.07, 6.45) is 2.69. The number of fused-ring (bicyclic) bond motifs is 2. The summed E-state index contributed by atoms with van der Waals surface area (Å²) in [6, 6.07) is 2.78. The van der Waals surface area contributed by atoms with E-state index in [0.717, 1.165) is 51.3 Å². The molecule has 9 heteroatoms. The first kappa shape index (κ1) is 19.8. The lowest BCUT2D eigenvalue weighted by molar-refractivity contribution is -0.142. The molecule has 3 aliphatic rings. The first-order chi connectivity index (χ1) is 14.4. The highest BCUT2D eigenvalue weighted by atomic mass is 19.4. The highest BCUT2D eigenvalue weighted by Crippen LogP contribution is 2.41. The molecular formula is C21H25F3N4O2. The Balaban J connectivity index is 1.35. The van der Waals surface area contributed by atoms with Crippen molar-refractivity contribution in [3.63, 3.8) is 0 Å². The molecule has 2 aromatic rings. The number of aromatic nitrogens is 3. The van der Waals surface area contributed by atoms with Gasteiger partial charge in [-0.3, -0.25) is 4.90 Å². The van der Waals surface area contributed by atoms with Crippen LogP contribution >= 0.6 is 0 Å². The highest BCUT2D eigenvalue weighted by Gasteiger charge is 2.38. The lowest BCUT2D eigenvalue weighted by atomic mass is 9.84. The Morgan fingerprint density at radius 3 is 2.67 bits per heavy atom. The Hall–Kier alpha value is -2.16. The standard InChI is InChI=1S/C21H25F3N4O2/c22-21(23,24)18-10-15(13-6-7-13)25-19-11-16(26-28(18)19)20(29)30-12-14-4-3-9-27-8-2-1-5-17(14)27/h10-11,13-14,17H,1-9,12H2/t14-,17+/m0/s1. The molecule has 5 rings (SSSR count). The molecule has 2 aliphatic heterocycles. The van der Waals surface area contributed by atoms with Crippen molar-refractivity contribution in [3.05, 3.63) is 29.2 Å². The summed E-state index contributed by atoms with van der Waals surface area (Å²) in [4.78, 5) is 19.4. The zero-order chi connectivity index (χ0) is 20.9. The van der Waals surface area contributed by atoms with E-state index in [2.05, 4.69) is 15.0 Å². The minimum atomic E-state index is -4.58. The second kappa shape index (κ2) is 7.51. The van der Waals surface area contributed by atoms with E-state index in [1.54, 1.807) is 0 Å². The van der Waals surface area contributed by atoms with Gasteiger partial charge in [-0.1, -0.05) is 6.42 Å². The van der Waals surface area contributed by atoms with E-state index in [1.165, 1.54) is 18.9 Å². The van der Waals surface area contributed by atoms with Crippen molar-refractivity contribution in [2.24, 2.45) is 5.92 Å². The second-order valence-corrected chi connectivity index (χ2v) is 8.74. The van der Waals surface area contributed by atoms with E-state index in [9.17, 15) is 18.0 Å². The van der Waals surface area contributed by atoms with E-state index in [4.69, 9.17) is 4.74 Å². The molecule has 30 heavy (non-hydrogen) atoms. The first-order valence-electron chi connectivity index (χ1n) is 10.8. The van der Waals surface area contributed by atoms with Crippen LogP contribution in [0.1, 0.15) is 72.7 Å². The van der Waals surface area contributed by atoms with Gasteiger partial charge >= 0.3 is 12.1 Å². The van der Waals surface area contributed by atoms with E-state index in [-0.39, 0.29) is 29.8 Å². The number of nitrogens with zero attached hydrogens (tertiary/aromatic N) is 4. The summed E-state index contributed by atoms with van der Waals surface area (Å²) in [7, 11) is 0. The third-order valence-electron chi connectivity index (χ3n) is 6.60. The zero-order valence-electron chi connectivity index (χ0n) is 16.7. The average molecular weight is 422 g/mol. The summed E-state index contributed by atoms with van der Waals surface area (Å²) in [5, 5.41) is 3.89. The largest absolute Gasteiger partial charge is 0.461 e. The molecule has 0 radical (unpaired) electrons. The van der Waals surface area contributed by atoms with Crippen LogP contribution in [0.4, 0.5) is 13.2 Å². The smallest absolute Gasteiger partial charge is 0.433 e. The van der Waals surface area contributed by atoms with Gasteiger partial charge in [0.25, 0.3) is 0 Å². The third kappa shape index (κ3) is 3.79. The maximum atomic E-state index is 13.5. The number of esters is 1. The van der Waals surface area contributed by atoms with Gasteiger partial charge in [-0.25, -0.2) is 14.3 Å². The fourth-order valence-corrected chi connectivity index (χ4v) is 4.91. The molecule has 2 atom stereocenters. The lowest BCUT2D eigenvalue weighted by Gasteiger charge is -2.44. The van der Waals surface area contributed by atoms with Gasteiger partial charge in [-0.05, 0) is 57.7 Å². The molecular weight excluding hydrogens is 397 g/mol. The van der Waals surface area contributed by atoms with Crippen molar-refractivity contribution in [1.29, 1.82) is 0 Å². The van der Waals surface area contributed by atoms with Gasteiger partial charge in [0.2, 0.25) is 0 Å². The second-order valence-electron chi connectivity index (χ2n) is 8.74. The average Bonchev–Trinajstić information content (AvgIpc) is 3.49. The number of carbonyl (C=O) groups excluding carboxylic acids is 1. The molecule has 0 bridgehead atoms. The summed E-state index contributed by atoms with van der Waals surface area (Å²) >= 11 is 0. The van der Waals surface area contributed by atoms with Gasteiger partial charge in [0.05, 0.1) is 6.61 Å². The van der Waals surface area contributed by atoms with Crippen LogP contribution in [0.5, 0.6) is 0 Å². The first-order valence-corrected chi connectivity index (χ1v) is 10.8. The zero-order valence-corrected chi connectivity index (χ0v) is 16.7. The predicted molar refractivity (Wildman–Crippen MR) is 102 cm³/mol. The molecule has 0 unspecified atom stereocenters. The van der Waals surface area contributed by atoms with Crippen LogP contribution in [0.15, 0.2) is 12.1 Å². The van der Waals surface area contributed by atoms with Crippen molar-refractivity contribution in [3.8, 4) is 0 Å². The molecule has 3 fully saturated rings. The van der Waals surface area contributed by atoms with Gasteiger partial charge < -0.3 is 4.74 Å². The number of ether oxygens (including phenoxy) is 1. The normalized spacial score (nSPS) is 25.3. The highest BCUT2D eigenvalue weighted by molar-refractivity contribution is 5.88. The van der Waals surface area contributed by atoms with E-state index in [1.807, 2.05) is 0 Å². The number of carbonyl (C=O) groups is 1. The minimum absolute atomic E-state index is 0.0368. The SMILES string of the molecule is O=C(OC[C@@H]1CCCN2CCCC[C@H]12)c1cc2nc(C3CC3)cc(C(F)(F)F)n2n1. The maximum absolute atomic E-state index is 13.5. The lowest BCUT2D eigenvalue weighted by Crippen LogP contribution is -2.49. The topological polar surface area (TPSA) is 59.7 Å². The molecule has 0 N–H and O–H groups in total. The van der Waals surface area contributed by atoms with Gasteiger partial charge in [0.15, 0.2) is 11.3 Å². The van der Waals surface area contributed by atoms with Crippen molar-refractivity contribution in [2.45, 2.75) is 63.1 Å². The van der Waals surface area contributed by atoms with Crippen molar-refractivity contribution in [2.75, 3.05) is 19.7 Å². The number of piperidine rings is 2. The van der Waals surface area contributed by atoms with Gasteiger partial charge in [-0.2, -0.15) is 18.3 Å². The Morgan fingerprint density at radius 2 is 1.90 bits per heavy atom. The fraction of sp³-hybridized carbons (Fsp3) is 0.667. The monoisotopic (exact) mass is 422 g/mol. The minimum Gasteiger partial charge on any atom is -0.461 e. The van der Waals surface area contributed by atoms with E-state index >= 15 is 0 Å². The summed E-state index contributed by atoms with van der Waals surface area (Å²) in [6.45, 7) is 2.47. The Labute approximate surface area is 172 Å². The number of alkyl halides is 3. The van der Waals surface area contributed by atoms with Crippen molar-refractivity contribution < 1.29 is 22.7 Å². The Kier molecular flexibility index (Phi) is 4.95. The van der Waals surface area contributed by atoms with Crippen LogP contribution in [0, 0.1) is 5.92 Å². The Morgan fingerprint density at radius 1 is 1.10 bits per heavy atom. The summed E-state index contributed by atoms with van der Waals surface area (Å²) < 4.78 is 46.8. The number of halogens is 3. The number of rotatable bonds is 4. The number of hydrogen-bond donors (Lipinski definition) is 0. The van der Waals surface area contributed by atoms with E-state index < -0.39 is 17.8 Å². The maximum Gasteiger partial charge on any atom is 0.433 e. The van der Waals surface area contributed by atoms with Crippen molar-refractivity contribution in [1.82, 2.24) is 19.5 Å². The molecule has 4 heterocycles. The van der Waals surface area contributed by atoms with Crippen LogP contribution < -0.4 is 0 Å². The molecule has 0 aromatic carbocycles. The van der Waals surface area contributed by atoms with Crippen molar-refractivity contribution >= 4 is 11.6 Å². The number of hydrogen-bond acceptors (Lipinski definition) is 5. The van der Waals surface area contributed by atoms with E-state index in [0.29, 0.717) is 16.3 Å². The molecule has 0 spiro atoms. The molecule has 1 aliphatic carbocycles.